The van der Waals surface area contributed by atoms with Gasteiger partial charge in [-0.25, -0.2) is 4.98 Å². The maximum atomic E-state index is 13.8. The van der Waals surface area contributed by atoms with Crippen molar-refractivity contribution < 1.29 is 43.2 Å². The molecule has 1 aromatic carbocycles. The summed E-state index contributed by atoms with van der Waals surface area (Å²) < 4.78 is 27.1. The van der Waals surface area contributed by atoms with Crippen molar-refractivity contribution in [2.24, 2.45) is 10.5 Å². The van der Waals surface area contributed by atoms with Gasteiger partial charge < -0.3 is 44.3 Å². The Balaban J connectivity index is 1.32. The summed E-state index contributed by atoms with van der Waals surface area (Å²) >= 11 is 1.57. The second-order valence-electron chi connectivity index (χ2n) is 13.2. The standard InChI is InChI=1S/C35H53N7O9S/c1-25-31(52-24-38-25)27-7-5-26(6-8-27)22-37-33(45)29-21-28(43)23-42(29)34(46)32(35(2,3)4)40-30(44)9-11-47-13-15-49-17-19-51-20-18-50-16-14-48-12-10-39-41-36/h5-8,24,28-29,32,43H,9-23H2,1-4H3,(H,37,45)(H,40,44)/t28-,29+,32-/m1/s1. The highest BCUT2D eigenvalue weighted by Gasteiger charge is 2.44. The molecule has 0 radical (unpaired) electrons. The lowest BCUT2D eigenvalue weighted by Gasteiger charge is -2.35. The lowest BCUT2D eigenvalue weighted by Crippen LogP contribution is -2.57. The van der Waals surface area contributed by atoms with Gasteiger partial charge in [0.05, 0.1) is 88.3 Å². The molecule has 0 unspecified atom stereocenters. The topological polar surface area (TPSA) is 207 Å². The summed E-state index contributed by atoms with van der Waals surface area (Å²) in [5.74, 6) is -1.14. The molecule has 0 bridgehead atoms. The van der Waals surface area contributed by atoms with Crippen LogP contribution in [0.5, 0.6) is 0 Å². The van der Waals surface area contributed by atoms with E-state index in [4.69, 9.17) is 29.2 Å². The molecule has 1 saturated heterocycles. The van der Waals surface area contributed by atoms with Crippen molar-refractivity contribution in [1.29, 1.82) is 0 Å². The molecule has 1 aliphatic rings. The lowest BCUT2D eigenvalue weighted by molar-refractivity contribution is -0.144. The van der Waals surface area contributed by atoms with Crippen LogP contribution >= 0.6 is 11.3 Å². The number of carbonyl (C=O) groups excluding carboxylic acids is 3. The van der Waals surface area contributed by atoms with E-state index in [9.17, 15) is 19.5 Å². The number of benzene rings is 1. The zero-order chi connectivity index (χ0) is 37.8. The number of azide groups is 1. The number of aliphatic hydroxyl groups excluding tert-OH is 1. The number of aliphatic hydroxyl groups is 1. The van der Waals surface area contributed by atoms with Gasteiger partial charge in [0, 0.05) is 37.4 Å². The van der Waals surface area contributed by atoms with Crippen molar-refractivity contribution >= 4 is 29.1 Å². The summed E-state index contributed by atoms with van der Waals surface area (Å²) in [6.45, 7) is 11.6. The van der Waals surface area contributed by atoms with Crippen LogP contribution in [0, 0.1) is 12.3 Å². The quantitative estimate of drug-likeness (QED) is 0.0619. The molecule has 1 aliphatic heterocycles. The number of carbonyl (C=O) groups is 3. The normalized spacial score (nSPS) is 16.4. The molecule has 3 rings (SSSR count). The van der Waals surface area contributed by atoms with Gasteiger partial charge in [0.1, 0.15) is 12.1 Å². The average Bonchev–Trinajstić information content (AvgIpc) is 3.73. The second kappa shape index (κ2) is 23.1. The predicted molar refractivity (Wildman–Crippen MR) is 194 cm³/mol. The molecule has 52 heavy (non-hydrogen) atoms. The second-order valence-corrected chi connectivity index (χ2v) is 14.1. The molecule has 288 valence electrons. The number of thiazole rings is 1. The third kappa shape index (κ3) is 15.1. The van der Waals surface area contributed by atoms with Crippen molar-refractivity contribution in [2.45, 2.75) is 65.3 Å². The molecule has 1 fully saturated rings. The van der Waals surface area contributed by atoms with Gasteiger partial charge in [-0.2, -0.15) is 0 Å². The van der Waals surface area contributed by atoms with Crippen LogP contribution in [-0.2, 0) is 44.6 Å². The summed E-state index contributed by atoms with van der Waals surface area (Å²) in [6.07, 6.45) is -0.703. The summed E-state index contributed by atoms with van der Waals surface area (Å²) in [7, 11) is 0. The van der Waals surface area contributed by atoms with Crippen LogP contribution in [-0.4, -0.2) is 130 Å². The van der Waals surface area contributed by atoms with E-state index in [2.05, 4.69) is 25.6 Å². The van der Waals surface area contributed by atoms with Crippen LogP contribution in [0.4, 0.5) is 0 Å². The molecule has 2 aromatic rings. The average molecular weight is 748 g/mol. The number of likely N-dealkylation sites (tertiary alicyclic amines) is 1. The van der Waals surface area contributed by atoms with Crippen molar-refractivity contribution in [2.75, 3.05) is 79.2 Å². The van der Waals surface area contributed by atoms with E-state index in [-0.39, 0.29) is 51.0 Å². The summed E-state index contributed by atoms with van der Waals surface area (Å²) in [5, 5.41) is 19.6. The minimum atomic E-state index is -0.916. The first kappa shape index (κ1) is 42.7. The largest absolute Gasteiger partial charge is 0.391 e. The zero-order valence-corrected chi connectivity index (χ0v) is 31.4. The van der Waals surface area contributed by atoms with E-state index in [0.717, 1.165) is 21.7 Å². The molecule has 0 saturated carbocycles. The molecule has 3 amide bonds. The molecule has 0 spiro atoms. The number of ether oxygens (including phenoxy) is 5. The van der Waals surface area contributed by atoms with Crippen molar-refractivity contribution in [3.8, 4) is 10.4 Å². The van der Waals surface area contributed by atoms with E-state index in [1.807, 2.05) is 57.5 Å². The number of β-amino-alcohol motifs (C(OH)–C–C–N with tert-alkyl or cyclic N) is 1. The van der Waals surface area contributed by atoms with Gasteiger partial charge in [-0.15, -0.1) is 11.3 Å². The molecule has 16 nitrogen and oxygen atoms in total. The van der Waals surface area contributed by atoms with Crippen LogP contribution in [0.2, 0.25) is 0 Å². The van der Waals surface area contributed by atoms with E-state index in [0.29, 0.717) is 59.4 Å². The number of aryl methyl sites for hydroxylation is 1. The third-order valence-corrected chi connectivity index (χ3v) is 9.05. The fourth-order valence-corrected chi connectivity index (χ4v) is 6.12. The molecule has 17 heteroatoms. The van der Waals surface area contributed by atoms with Crippen LogP contribution in [0.15, 0.2) is 34.9 Å². The molecule has 1 aromatic heterocycles. The lowest BCUT2D eigenvalue weighted by atomic mass is 9.85. The highest BCUT2D eigenvalue weighted by Crippen LogP contribution is 2.28. The fraction of sp³-hybridized carbons (Fsp3) is 0.657. The smallest absolute Gasteiger partial charge is 0.246 e. The highest BCUT2D eigenvalue weighted by atomic mass is 32.1. The molecule has 3 atom stereocenters. The van der Waals surface area contributed by atoms with Crippen molar-refractivity contribution in [1.82, 2.24) is 20.5 Å². The van der Waals surface area contributed by atoms with Gasteiger partial charge in [-0.1, -0.05) is 50.2 Å². The van der Waals surface area contributed by atoms with Crippen molar-refractivity contribution in [3.05, 3.63) is 51.5 Å². The fourth-order valence-electron chi connectivity index (χ4n) is 5.31. The number of nitrogens with zero attached hydrogens (tertiary/aromatic N) is 5. The Kier molecular flexibility index (Phi) is 19.0. The summed E-state index contributed by atoms with van der Waals surface area (Å²) in [4.78, 5) is 49.4. The first-order valence-electron chi connectivity index (χ1n) is 17.5. The Bertz CT molecular complexity index is 1430. The third-order valence-electron chi connectivity index (χ3n) is 8.07. The van der Waals surface area contributed by atoms with Gasteiger partial charge in [-0.3, -0.25) is 14.4 Å². The Labute approximate surface area is 309 Å². The first-order valence-corrected chi connectivity index (χ1v) is 18.3. The molecule has 3 N–H and O–H groups in total. The van der Waals surface area contributed by atoms with Crippen LogP contribution in [0.3, 0.4) is 0 Å². The van der Waals surface area contributed by atoms with Gasteiger partial charge in [-0.05, 0) is 29.0 Å². The molecular weight excluding hydrogens is 694 g/mol. The number of aromatic nitrogens is 1. The van der Waals surface area contributed by atoms with Gasteiger partial charge in [0.15, 0.2) is 0 Å². The predicted octanol–water partition coefficient (Wildman–Crippen LogP) is 3.01. The van der Waals surface area contributed by atoms with Crippen LogP contribution in [0.25, 0.3) is 20.9 Å². The minimum Gasteiger partial charge on any atom is -0.391 e. The van der Waals surface area contributed by atoms with Crippen molar-refractivity contribution in [3.63, 3.8) is 0 Å². The van der Waals surface area contributed by atoms with Gasteiger partial charge in [0.2, 0.25) is 17.7 Å². The maximum Gasteiger partial charge on any atom is 0.246 e. The molecule has 0 aliphatic carbocycles. The van der Waals surface area contributed by atoms with Gasteiger partial charge in [0.25, 0.3) is 0 Å². The highest BCUT2D eigenvalue weighted by molar-refractivity contribution is 7.13. The summed E-state index contributed by atoms with van der Waals surface area (Å²) in [5.41, 5.74) is 12.3. The van der Waals surface area contributed by atoms with E-state index >= 15 is 0 Å². The number of hydrogen-bond donors (Lipinski definition) is 3. The number of amides is 3. The maximum absolute atomic E-state index is 13.8. The van der Waals surface area contributed by atoms with E-state index in [1.54, 1.807) is 11.3 Å². The number of nitrogens with one attached hydrogen (secondary N) is 2. The number of rotatable bonds is 24. The Morgan fingerprint density at radius 1 is 0.981 bits per heavy atom. The molecular formula is C35H53N7O9S. The van der Waals surface area contributed by atoms with Gasteiger partial charge >= 0.3 is 0 Å². The molecule has 2 heterocycles. The minimum absolute atomic E-state index is 0.00186. The monoisotopic (exact) mass is 747 g/mol. The zero-order valence-electron chi connectivity index (χ0n) is 30.6. The SMILES string of the molecule is Cc1ncsc1-c1ccc(CNC(=O)[C@@H]2C[C@@H](O)CN2C(=O)[C@@H](NC(=O)CCOCCOCCOCCOCCOCCN=[N+]=[N-])C(C)(C)C)cc1. The van der Waals surface area contributed by atoms with Crippen LogP contribution < -0.4 is 10.6 Å². The first-order chi connectivity index (χ1) is 25.0. The number of hydrogen-bond acceptors (Lipinski definition) is 12. The van der Waals surface area contributed by atoms with Crippen LogP contribution in [0.1, 0.15) is 44.9 Å². The Hall–Kier alpha value is -3.67. The van der Waals surface area contributed by atoms with E-state index in [1.165, 1.54) is 4.90 Å². The summed E-state index contributed by atoms with van der Waals surface area (Å²) in [6, 6.07) is 6.09. The Morgan fingerprint density at radius 3 is 2.10 bits per heavy atom. The van der Waals surface area contributed by atoms with E-state index < -0.39 is 29.5 Å². The Morgan fingerprint density at radius 2 is 1.56 bits per heavy atom.